The van der Waals surface area contributed by atoms with E-state index in [1.165, 1.54) is 0 Å². The first kappa shape index (κ1) is 10.7. The molecule has 1 heterocycles. The number of alkyl halides is 3. The van der Waals surface area contributed by atoms with Crippen molar-refractivity contribution in [3.63, 3.8) is 0 Å². The minimum Gasteiger partial charge on any atom is -0.340 e. The molecule has 0 radical (unpaired) electrons. The van der Waals surface area contributed by atoms with Crippen molar-refractivity contribution in [2.45, 2.75) is 24.8 Å². The van der Waals surface area contributed by atoms with Gasteiger partial charge in [-0.2, -0.15) is 13.2 Å². The van der Waals surface area contributed by atoms with Crippen molar-refractivity contribution >= 4 is 0 Å². The number of rotatable bonds is 3. The summed E-state index contributed by atoms with van der Waals surface area (Å²) in [4.78, 5) is 0. The fourth-order valence-corrected chi connectivity index (χ4v) is 1.24. The van der Waals surface area contributed by atoms with Gasteiger partial charge < -0.3 is 15.2 Å². The Morgan fingerprint density at radius 2 is 1.77 bits per heavy atom. The van der Waals surface area contributed by atoms with Gasteiger partial charge in [0.25, 0.3) is 5.79 Å². The van der Waals surface area contributed by atoms with E-state index < -0.39 is 12.0 Å². The molecule has 0 bridgehead atoms. The summed E-state index contributed by atoms with van der Waals surface area (Å²) in [6.45, 7) is 0.179. The van der Waals surface area contributed by atoms with Crippen LogP contribution >= 0.6 is 0 Å². The normalized spacial score (nSPS) is 22.2. The van der Waals surface area contributed by atoms with E-state index in [9.17, 15) is 13.2 Å². The topological polar surface area (TPSA) is 44.5 Å². The molecule has 3 nitrogen and oxygen atoms in total. The van der Waals surface area contributed by atoms with Gasteiger partial charge in [0.05, 0.1) is 13.2 Å². The number of ether oxygens (including phenoxy) is 2. The van der Waals surface area contributed by atoms with Crippen LogP contribution < -0.4 is 5.73 Å². The molecule has 0 aromatic heterocycles. The standard InChI is InChI=1S/C7H12F3NO2/c8-7(9,10)6(2-1-3-11)12-4-5-13-6/h1-5,11H2. The van der Waals surface area contributed by atoms with E-state index in [0.717, 1.165) is 0 Å². The lowest BCUT2D eigenvalue weighted by Gasteiger charge is -2.29. The van der Waals surface area contributed by atoms with Gasteiger partial charge in [0.2, 0.25) is 0 Å². The Morgan fingerprint density at radius 3 is 2.15 bits per heavy atom. The van der Waals surface area contributed by atoms with Crippen LogP contribution in [0.3, 0.4) is 0 Å². The molecule has 1 saturated heterocycles. The Kier molecular flexibility index (Phi) is 3.15. The Hall–Kier alpha value is -0.330. The van der Waals surface area contributed by atoms with Crippen LogP contribution in [0, 0.1) is 0 Å². The van der Waals surface area contributed by atoms with Crippen molar-refractivity contribution in [2.75, 3.05) is 19.8 Å². The molecule has 1 aliphatic heterocycles. The van der Waals surface area contributed by atoms with E-state index in [4.69, 9.17) is 5.73 Å². The summed E-state index contributed by atoms with van der Waals surface area (Å²) < 4.78 is 46.6. The zero-order valence-electron chi connectivity index (χ0n) is 7.06. The Bertz CT molecular complexity index is 166. The first-order chi connectivity index (χ1) is 6.02. The predicted molar refractivity (Wildman–Crippen MR) is 39.0 cm³/mol. The molecule has 0 aliphatic carbocycles. The summed E-state index contributed by atoms with van der Waals surface area (Å²) in [6.07, 6.45) is -4.47. The molecule has 13 heavy (non-hydrogen) atoms. The van der Waals surface area contributed by atoms with Crippen molar-refractivity contribution in [1.29, 1.82) is 0 Å². The van der Waals surface area contributed by atoms with Crippen LogP contribution in [0.2, 0.25) is 0 Å². The lowest BCUT2D eigenvalue weighted by molar-refractivity contribution is -0.345. The third-order valence-corrected chi connectivity index (χ3v) is 1.90. The zero-order valence-corrected chi connectivity index (χ0v) is 7.06. The molecule has 6 heteroatoms. The maximum atomic E-state index is 12.4. The van der Waals surface area contributed by atoms with Crippen LogP contribution in [0.15, 0.2) is 0 Å². The molecular weight excluding hydrogens is 187 g/mol. The highest BCUT2D eigenvalue weighted by molar-refractivity contribution is 4.82. The molecule has 0 atom stereocenters. The summed E-state index contributed by atoms with van der Waals surface area (Å²) in [5, 5.41) is 0. The highest BCUT2D eigenvalue weighted by Gasteiger charge is 2.59. The van der Waals surface area contributed by atoms with E-state index in [1.54, 1.807) is 0 Å². The van der Waals surface area contributed by atoms with Gasteiger partial charge in [0.1, 0.15) is 0 Å². The van der Waals surface area contributed by atoms with Crippen molar-refractivity contribution in [2.24, 2.45) is 5.73 Å². The minimum absolute atomic E-state index is 0.00984. The van der Waals surface area contributed by atoms with Gasteiger partial charge in [0.15, 0.2) is 0 Å². The van der Waals surface area contributed by atoms with Gasteiger partial charge in [-0.3, -0.25) is 0 Å². The average Bonchev–Trinajstić information content (AvgIpc) is 2.48. The second-order valence-corrected chi connectivity index (χ2v) is 2.84. The summed E-state index contributed by atoms with van der Waals surface area (Å²) in [7, 11) is 0. The molecule has 0 aromatic carbocycles. The summed E-state index contributed by atoms with van der Waals surface area (Å²) in [5.41, 5.74) is 5.13. The van der Waals surface area contributed by atoms with Gasteiger partial charge in [-0.1, -0.05) is 0 Å². The first-order valence-corrected chi connectivity index (χ1v) is 4.06. The first-order valence-electron chi connectivity index (χ1n) is 4.06. The molecule has 78 valence electrons. The van der Waals surface area contributed by atoms with E-state index in [2.05, 4.69) is 9.47 Å². The van der Waals surface area contributed by atoms with Gasteiger partial charge in [0, 0.05) is 6.42 Å². The number of nitrogens with two attached hydrogens (primary N) is 1. The van der Waals surface area contributed by atoms with Gasteiger partial charge in [-0.15, -0.1) is 0 Å². The largest absolute Gasteiger partial charge is 0.443 e. The lowest BCUT2D eigenvalue weighted by atomic mass is 10.1. The predicted octanol–water partition coefficient (Wildman–Crippen LogP) is 1.03. The van der Waals surface area contributed by atoms with Crippen LogP contribution in [0.5, 0.6) is 0 Å². The molecule has 0 saturated carbocycles. The smallest absolute Gasteiger partial charge is 0.340 e. The lowest BCUT2D eigenvalue weighted by Crippen LogP contribution is -2.46. The molecule has 1 fully saturated rings. The third kappa shape index (κ3) is 2.12. The molecule has 2 N–H and O–H groups in total. The van der Waals surface area contributed by atoms with E-state index in [0.29, 0.717) is 0 Å². The van der Waals surface area contributed by atoms with Gasteiger partial charge in [-0.05, 0) is 13.0 Å². The van der Waals surface area contributed by atoms with Crippen LogP contribution in [0.1, 0.15) is 12.8 Å². The monoisotopic (exact) mass is 199 g/mol. The highest BCUT2D eigenvalue weighted by atomic mass is 19.4. The highest BCUT2D eigenvalue weighted by Crippen LogP contribution is 2.40. The molecular formula is C7H12F3NO2. The molecule has 0 unspecified atom stereocenters. The quantitative estimate of drug-likeness (QED) is 0.738. The van der Waals surface area contributed by atoms with E-state index in [1.807, 2.05) is 0 Å². The van der Waals surface area contributed by atoms with Crippen molar-refractivity contribution < 1.29 is 22.6 Å². The molecule has 0 aromatic rings. The van der Waals surface area contributed by atoms with Crippen LogP contribution in [0.4, 0.5) is 13.2 Å². The SMILES string of the molecule is NCCCC1(C(F)(F)F)OCCO1. The van der Waals surface area contributed by atoms with Gasteiger partial charge in [-0.25, -0.2) is 0 Å². The number of halogens is 3. The summed E-state index contributed by atoms with van der Waals surface area (Å²) in [5.74, 6) is -2.40. The Labute approximate surface area is 74.0 Å². The van der Waals surface area contributed by atoms with Crippen LogP contribution in [0.25, 0.3) is 0 Å². The zero-order chi connectivity index (χ0) is 9.95. The van der Waals surface area contributed by atoms with E-state index in [-0.39, 0.29) is 32.6 Å². The average molecular weight is 199 g/mol. The van der Waals surface area contributed by atoms with Crippen molar-refractivity contribution in [1.82, 2.24) is 0 Å². The number of hydrogen-bond acceptors (Lipinski definition) is 3. The second-order valence-electron chi connectivity index (χ2n) is 2.84. The molecule has 0 amide bonds. The fraction of sp³-hybridized carbons (Fsp3) is 1.00. The van der Waals surface area contributed by atoms with E-state index >= 15 is 0 Å². The molecule has 1 aliphatic rings. The van der Waals surface area contributed by atoms with Crippen molar-refractivity contribution in [3.8, 4) is 0 Å². The Balaban J connectivity index is 2.64. The molecule has 1 rings (SSSR count). The van der Waals surface area contributed by atoms with Crippen LogP contribution in [-0.4, -0.2) is 31.7 Å². The second kappa shape index (κ2) is 3.81. The fourth-order valence-electron chi connectivity index (χ4n) is 1.24. The third-order valence-electron chi connectivity index (χ3n) is 1.90. The number of hydrogen-bond donors (Lipinski definition) is 1. The van der Waals surface area contributed by atoms with Gasteiger partial charge >= 0.3 is 6.18 Å². The maximum absolute atomic E-state index is 12.4. The Morgan fingerprint density at radius 1 is 1.23 bits per heavy atom. The molecule has 0 spiro atoms. The minimum atomic E-state index is -4.47. The summed E-state index contributed by atoms with van der Waals surface area (Å²) >= 11 is 0. The maximum Gasteiger partial charge on any atom is 0.443 e. The van der Waals surface area contributed by atoms with Crippen molar-refractivity contribution in [3.05, 3.63) is 0 Å². The van der Waals surface area contributed by atoms with Crippen LogP contribution in [-0.2, 0) is 9.47 Å². The summed E-state index contributed by atoms with van der Waals surface area (Å²) in [6, 6.07) is 0.